The number of rotatable bonds is 4. The van der Waals surface area contributed by atoms with Crippen LogP contribution in [-0.4, -0.2) is 48.7 Å². The number of hydrogen-bond donors (Lipinski definition) is 1. The van der Waals surface area contributed by atoms with Crippen LogP contribution in [0, 0.1) is 0 Å². The largest absolute Gasteiger partial charge is 0.477 e. The smallest absolute Gasteiger partial charge is 0.340 e. The highest BCUT2D eigenvalue weighted by Gasteiger charge is 2.33. The molecule has 1 aliphatic rings. The zero-order valence-electron chi connectivity index (χ0n) is 16.6. The third kappa shape index (κ3) is 3.47. The number of para-hydroxylation sites is 3. The van der Waals surface area contributed by atoms with Gasteiger partial charge in [-0.05, 0) is 18.2 Å². The summed E-state index contributed by atoms with van der Waals surface area (Å²) in [6.45, 7) is -0.418. The summed E-state index contributed by atoms with van der Waals surface area (Å²) in [5, 5.41) is 3.28. The van der Waals surface area contributed by atoms with Crippen LogP contribution in [0.5, 0.6) is 5.75 Å². The van der Waals surface area contributed by atoms with Gasteiger partial charge in [0.15, 0.2) is 12.7 Å². The van der Waals surface area contributed by atoms with E-state index in [0.717, 1.165) is 10.9 Å². The Morgan fingerprint density at radius 3 is 2.67 bits per heavy atom. The zero-order valence-corrected chi connectivity index (χ0v) is 16.6. The molecule has 0 aliphatic carbocycles. The number of carbonyl (C=O) groups excluding carboxylic acids is 3. The average molecular weight is 407 g/mol. The first-order chi connectivity index (χ1) is 14.5. The minimum Gasteiger partial charge on any atom is -0.477 e. The van der Waals surface area contributed by atoms with E-state index in [4.69, 9.17) is 9.47 Å². The number of ether oxygens (including phenoxy) is 2. The highest BCUT2D eigenvalue weighted by atomic mass is 16.5. The number of nitrogens with one attached hydrogen (secondary N) is 1. The van der Waals surface area contributed by atoms with Crippen molar-refractivity contribution in [3.63, 3.8) is 0 Å². The molecule has 0 bridgehead atoms. The summed E-state index contributed by atoms with van der Waals surface area (Å²) in [5.41, 5.74) is 1.82. The van der Waals surface area contributed by atoms with E-state index in [-0.39, 0.29) is 12.5 Å². The van der Waals surface area contributed by atoms with Crippen LogP contribution in [0.15, 0.2) is 54.7 Å². The van der Waals surface area contributed by atoms with Gasteiger partial charge in [-0.25, -0.2) is 4.79 Å². The first-order valence-electron chi connectivity index (χ1n) is 9.48. The molecule has 3 aromatic rings. The second-order valence-electron chi connectivity index (χ2n) is 6.94. The van der Waals surface area contributed by atoms with E-state index in [1.807, 2.05) is 35.9 Å². The molecule has 0 spiro atoms. The molecule has 154 valence electrons. The fraction of sp³-hybridized carbons (Fsp3) is 0.227. The van der Waals surface area contributed by atoms with E-state index in [0.29, 0.717) is 17.0 Å². The monoisotopic (exact) mass is 407 g/mol. The fourth-order valence-corrected chi connectivity index (χ4v) is 3.56. The van der Waals surface area contributed by atoms with Gasteiger partial charge >= 0.3 is 5.97 Å². The van der Waals surface area contributed by atoms with Crippen molar-refractivity contribution in [3.8, 4) is 5.75 Å². The highest BCUT2D eigenvalue weighted by molar-refractivity contribution is 6.05. The van der Waals surface area contributed by atoms with Crippen molar-refractivity contribution in [3.05, 3.63) is 60.3 Å². The molecule has 2 heterocycles. The molecule has 2 aromatic carbocycles. The van der Waals surface area contributed by atoms with E-state index >= 15 is 0 Å². The number of hydrogen-bond acceptors (Lipinski definition) is 5. The Morgan fingerprint density at radius 2 is 1.87 bits per heavy atom. The second-order valence-corrected chi connectivity index (χ2v) is 6.94. The molecule has 1 aliphatic heterocycles. The summed E-state index contributed by atoms with van der Waals surface area (Å²) < 4.78 is 12.8. The first kappa shape index (κ1) is 19.5. The van der Waals surface area contributed by atoms with Crippen molar-refractivity contribution in [2.75, 3.05) is 25.1 Å². The van der Waals surface area contributed by atoms with Crippen molar-refractivity contribution < 1.29 is 23.9 Å². The lowest BCUT2D eigenvalue weighted by atomic mass is 10.1. The number of nitrogens with zero attached hydrogens (tertiary/aromatic N) is 2. The molecule has 30 heavy (non-hydrogen) atoms. The minimum absolute atomic E-state index is 0.0291. The lowest BCUT2D eigenvalue weighted by molar-refractivity contribution is -0.128. The maximum atomic E-state index is 12.9. The van der Waals surface area contributed by atoms with Crippen LogP contribution in [-0.2, 0) is 21.4 Å². The number of fused-ring (bicyclic) bond motifs is 2. The van der Waals surface area contributed by atoms with E-state index < -0.39 is 24.6 Å². The molecule has 0 saturated heterocycles. The van der Waals surface area contributed by atoms with Crippen molar-refractivity contribution in [2.45, 2.75) is 6.10 Å². The Labute approximate surface area is 173 Å². The van der Waals surface area contributed by atoms with Gasteiger partial charge in [0.25, 0.3) is 11.8 Å². The predicted molar refractivity (Wildman–Crippen MR) is 110 cm³/mol. The van der Waals surface area contributed by atoms with Gasteiger partial charge in [-0.2, -0.15) is 0 Å². The Bertz CT molecular complexity index is 1140. The predicted octanol–water partition coefficient (Wildman–Crippen LogP) is 1.88. The normalized spacial score (nSPS) is 15.3. The van der Waals surface area contributed by atoms with E-state index in [9.17, 15) is 14.4 Å². The Kier molecular flexibility index (Phi) is 5.14. The van der Waals surface area contributed by atoms with Gasteiger partial charge in [0.2, 0.25) is 0 Å². The van der Waals surface area contributed by atoms with Crippen molar-refractivity contribution in [2.24, 2.45) is 7.05 Å². The number of benzene rings is 2. The van der Waals surface area contributed by atoms with Gasteiger partial charge in [0.1, 0.15) is 5.75 Å². The second kappa shape index (κ2) is 7.90. The van der Waals surface area contributed by atoms with Gasteiger partial charge in [-0.15, -0.1) is 0 Å². The van der Waals surface area contributed by atoms with Crippen LogP contribution < -0.4 is 15.0 Å². The molecule has 4 rings (SSSR count). The van der Waals surface area contributed by atoms with Gasteiger partial charge < -0.3 is 24.3 Å². The molecule has 8 nitrogen and oxygen atoms in total. The summed E-state index contributed by atoms with van der Waals surface area (Å²) in [6.07, 6.45) is 0.839. The molecule has 0 radical (unpaired) electrons. The third-order valence-electron chi connectivity index (χ3n) is 5.06. The molecule has 2 amide bonds. The number of aromatic nitrogens is 1. The third-order valence-corrected chi connectivity index (χ3v) is 5.06. The Hall–Kier alpha value is -3.81. The molecule has 1 unspecified atom stereocenters. The number of esters is 1. The van der Waals surface area contributed by atoms with Gasteiger partial charge in [-0.1, -0.05) is 30.3 Å². The number of anilines is 1. The Balaban J connectivity index is 1.51. The fourth-order valence-electron chi connectivity index (χ4n) is 3.56. The zero-order chi connectivity index (χ0) is 21.3. The number of aryl methyl sites for hydroxylation is 1. The SMILES string of the molecule is CNC(=O)C1CN(C(=O)COC(=O)c2cn(C)c3ccccc23)c2ccccc2O1. The van der Waals surface area contributed by atoms with Crippen LogP contribution >= 0.6 is 0 Å². The van der Waals surface area contributed by atoms with Crippen LogP contribution in [0.3, 0.4) is 0 Å². The molecule has 0 saturated carbocycles. The maximum absolute atomic E-state index is 12.9. The van der Waals surface area contributed by atoms with Crippen molar-refractivity contribution >= 4 is 34.4 Å². The number of amides is 2. The summed E-state index contributed by atoms with van der Waals surface area (Å²) in [4.78, 5) is 39.0. The summed E-state index contributed by atoms with van der Waals surface area (Å²) in [6, 6.07) is 14.4. The standard InChI is InChI=1S/C22H21N3O5/c1-23-21(27)19-12-25(17-9-5-6-10-18(17)30-19)20(26)13-29-22(28)15-11-24(2)16-8-4-3-7-14(15)16/h3-11,19H,12-13H2,1-2H3,(H,23,27). The molecule has 0 fully saturated rings. The molecule has 1 N–H and O–H groups in total. The van der Waals surface area contributed by atoms with Crippen LogP contribution in [0.25, 0.3) is 10.9 Å². The van der Waals surface area contributed by atoms with E-state index in [1.165, 1.54) is 11.9 Å². The van der Waals surface area contributed by atoms with Crippen LogP contribution in [0.2, 0.25) is 0 Å². The van der Waals surface area contributed by atoms with Crippen LogP contribution in [0.4, 0.5) is 5.69 Å². The summed E-state index contributed by atoms with van der Waals surface area (Å²) in [5.74, 6) is -0.932. The summed E-state index contributed by atoms with van der Waals surface area (Å²) >= 11 is 0. The molecule has 1 atom stereocenters. The van der Waals surface area contributed by atoms with Gasteiger partial charge in [0.05, 0.1) is 17.8 Å². The maximum Gasteiger partial charge on any atom is 0.340 e. The van der Waals surface area contributed by atoms with E-state index in [1.54, 1.807) is 30.5 Å². The quantitative estimate of drug-likeness (QED) is 0.667. The Morgan fingerprint density at radius 1 is 1.13 bits per heavy atom. The minimum atomic E-state index is -0.845. The van der Waals surface area contributed by atoms with Gasteiger partial charge in [-0.3, -0.25) is 9.59 Å². The van der Waals surface area contributed by atoms with Gasteiger partial charge in [0, 0.05) is 31.2 Å². The number of likely N-dealkylation sites (N-methyl/N-ethyl adjacent to an activating group) is 1. The lowest BCUT2D eigenvalue weighted by Gasteiger charge is -2.33. The highest BCUT2D eigenvalue weighted by Crippen LogP contribution is 2.33. The van der Waals surface area contributed by atoms with E-state index in [2.05, 4.69) is 5.32 Å². The molecule has 1 aromatic heterocycles. The van der Waals surface area contributed by atoms with Crippen molar-refractivity contribution in [1.82, 2.24) is 9.88 Å². The first-order valence-corrected chi connectivity index (χ1v) is 9.48. The number of carbonyl (C=O) groups is 3. The van der Waals surface area contributed by atoms with Crippen LogP contribution in [0.1, 0.15) is 10.4 Å². The average Bonchev–Trinajstić information content (AvgIpc) is 3.12. The lowest BCUT2D eigenvalue weighted by Crippen LogP contribution is -2.51. The molecule has 8 heteroatoms. The van der Waals surface area contributed by atoms with Crippen molar-refractivity contribution in [1.29, 1.82) is 0 Å². The molecular formula is C22H21N3O5. The topological polar surface area (TPSA) is 89.9 Å². The molecular weight excluding hydrogens is 386 g/mol. The summed E-state index contributed by atoms with van der Waals surface area (Å²) in [7, 11) is 3.35.